The number of rotatable bonds is 12. The minimum absolute atomic E-state index is 0.244. The second-order valence-electron chi connectivity index (χ2n) is 8.64. The van der Waals surface area contributed by atoms with Gasteiger partial charge in [0.25, 0.3) is 0 Å². The van der Waals surface area contributed by atoms with Crippen molar-refractivity contribution in [2.24, 2.45) is 5.92 Å². The van der Waals surface area contributed by atoms with Crippen molar-refractivity contribution in [1.82, 2.24) is 10.2 Å². The maximum atomic E-state index is 13.5. The molecule has 0 aliphatic heterocycles. The van der Waals surface area contributed by atoms with Gasteiger partial charge in [0.2, 0.25) is 21.8 Å². The van der Waals surface area contributed by atoms with Crippen LogP contribution in [0.25, 0.3) is 0 Å². The van der Waals surface area contributed by atoms with Gasteiger partial charge in [-0.3, -0.25) is 13.9 Å². The molecule has 0 aliphatic rings. The first-order chi connectivity index (χ1) is 16.0. The fourth-order valence-electron chi connectivity index (χ4n) is 3.56. The smallest absolute Gasteiger partial charge is 0.244 e. The highest BCUT2D eigenvalue weighted by molar-refractivity contribution is 7.92. The number of nitrogens with zero attached hydrogens (tertiary/aromatic N) is 2. The van der Waals surface area contributed by atoms with Gasteiger partial charge in [-0.05, 0) is 42.5 Å². The van der Waals surface area contributed by atoms with Crippen LogP contribution in [-0.4, -0.2) is 57.1 Å². The molecule has 0 aromatic heterocycles. The minimum Gasteiger partial charge on any atom is -0.354 e. The topological polar surface area (TPSA) is 86.8 Å². The second kappa shape index (κ2) is 12.8. The minimum atomic E-state index is -3.78. The van der Waals surface area contributed by atoms with E-state index < -0.39 is 28.5 Å². The van der Waals surface area contributed by atoms with E-state index in [4.69, 9.17) is 11.6 Å². The van der Waals surface area contributed by atoms with E-state index in [1.54, 1.807) is 18.2 Å². The van der Waals surface area contributed by atoms with E-state index in [-0.39, 0.29) is 18.4 Å². The highest BCUT2D eigenvalue weighted by atomic mass is 35.5. The number of anilines is 1. The molecule has 7 nitrogen and oxygen atoms in total. The van der Waals surface area contributed by atoms with Gasteiger partial charge in [-0.1, -0.05) is 68.8 Å². The number of hydrogen-bond donors (Lipinski definition) is 1. The summed E-state index contributed by atoms with van der Waals surface area (Å²) in [5.74, 6) is -0.433. The molecule has 0 radical (unpaired) electrons. The van der Waals surface area contributed by atoms with Crippen LogP contribution in [0, 0.1) is 5.92 Å². The molecule has 2 rings (SSSR count). The standard InChI is InChI=1S/C25H34ClN3O4S/c1-5-23(25(31)27-17-19(2)3)28(15-14-20-10-7-6-8-11-20)24(30)18-29(34(4,32)33)22-13-9-12-21(26)16-22/h6-13,16,19,23H,5,14-15,17-18H2,1-4H3,(H,27,31)/t23-/m1/s1. The number of halogens is 1. The number of carbonyl (C=O) groups excluding carboxylic acids is 2. The van der Waals surface area contributed by atoms with Gasteiger partial charge in [-0.25, -0.2) is 8.42 Å². The van der Waals surface area contributed by atoms with Crippen molar-refractivity contribution in [2.75, 3.05) is 30.2 Å². The fourth-order valence-corrected chi connectivity index (χ4v) is 4.59. The zero-order chi connectivity index (χ0) is 25.3. The van der Waals surface area contributed by atoms with E-state index in [1.165, 1.54) is 11.0 Å². The lowest BCUT2D eigenvalue weighted by Gasteiger charge is -2.33. The van der Waals surface area contributed by atoms with Gasteiger partial charge in [-0.2, -0.15) is 0 Å². The molecule has 1 N–H and O–H groups in total. The maximum Gasteiger partial charge on any atom is 0.244 e. The SMILES string of the molecule is CC[C@H](C(=O)NCC(C)C)N(CCc1ccccc1)C(=O)CN(c1cccc(Cl)c1)S(C)(=O)=O. The van der Waals surface area contributed by atoms with Crippen LogP contribution >= 0.6 is 11.6 Å². The van der Waals surface area contributed by atoms with Crippen molar-refractivity contribution >= 4 is 39.1 Å². The Morgan fingerprint density at radius 2 is 1.74 bits per heavy atom. The Balaban J connectivity index is 2.34. The average molecular weight is 508 g/mol. The quantitative estimate of drug-likeness (QED) is 0.474. The van der Waals surface area contributed by atoms with Crippen LogP contribution < -0.4 is 9.62 Å². The summed E-state index contributed by atoms with van der Waals surface area (Å²) in [5, 5.41) is 3.27. The van der Waals surface area contributed by atoms with Crippen LogP contribution in [0.1, 0.15) is 32.8 Å². The molecule has 2 aromatic carbocycles. The Kier molecular flexibility index (Phi) is 10.4. The Morgan fingerprint density at radius 3 is 2.29 bits per heavy atom. The van der Waals surface area contributed by atoms with Crippen LogP contribution in [0.2, 0.25) is 5.02 Å². The molecule has 9 heteroatoms. The maximum absolute atomic E-state index is 13.5. The third-order valence-electron chi connectivity index (χ3n) is 5.33. The molecule has 34 heavy (non-hydrogen) atoms. The summed E-state index contributed by atoms with van der Waals surface area (Å²) in [6.45, 7) is 6.18. The molecule has 2 aromatic rings. The lowest BCUT2D eigenvalue weighted by Crippen LogP contribution is -2.53. The molecular formula is C25H34ClN3O4S. The first kappa shape index (κ1) is 27.7. The molecule has 0 saturated heterocycles. The summed E-state index contributed by atoms with van der Waals surface area (Å²) in [4.78, 5) is 28.0. The summed E-state index contributed by atoms with van der Waals surface area (Å²) in [5.41, 5.74) is 1.32. The molecule has 0 spiro atoms. The molecule has 0 saturated carbocycles. The first-order valence-corrected chi connectivity index (χ1v) is 13.6. The van der Waals surface area contributed by atoms with Crippen LogP contribution in [0.3, 0.4) is 0 Å². The molecule has 0 unspecified atom stereocenters. The molecule has 186 valence electrons. The van der Waals surface area contributed by atoms with Crippen molar-refractivity contribution in [3.63, 3.8) is 0 Å². The fraction of sp³-hybridized carbons (Fsp3) is 0.440. The van der Waals surface area contributed by atoms with Crippen molar-refractivity contribution in [1.29, 1.82) is 0 Å². The van der Waals surface area contributed by atoms with Gasteiger partial charge in [0.1, 0.15) is 12.6 Å². The van der Waals surface area contributed by atoms with Gasteiger partial charge >= 0.3 is 0 Å². The van der Waals surface area contributed by atoms with Crippen LogP contribution in [0.5, 0.6) is 0 Å². The third kappa shape index (κ3) is 8.33. The highest BCUT2D eigenvalue weighted by Crippen LogP contribution is 2.22. The number of nitrogens with one attached hydrogen (secondary N) is 1. The van der Waals surface area contributed by atoms with Crippen molar-refractivity contribution < 1.29 is 18.0 Å². The van der Waals surface area contributed by atoms with Gasteiger partial charge in [0, 0.05) is 18.1 Å². The summed E-state index contributed by atoms with van der Waals surface area (Å²) in [6.07, 6.45) is 1.99. The monoisotopic (exact) mass is 507 g/mol. The van der Waals surface area contributed by atoms with Gasteiger partial charge in [0.15, 0.2) is 0 Å². The lowest BCUT2D eigenvalue weighted by atomic mass is 10.1. The van der Waals surface area contributed by atoms with E-state index in [1.807, 2.05) is 51.1 Å². The number of benzene rings is 2. The van der Waals surface area contributed by atoms with Gasteiger partial charge < -0.3 is 10.2 Å². The zero-order valence-electron chi connectivity index (χ0n) is 20.2. The van der Waals surface area contributed by atoms with Gasteiger partial charge in [0.05, 0.1) is 11.9 Å². The lowest BCUT2D eigenvalue weighted by molar-refractivity contribution is -0.139. The van der Waals surface area contributed by atoms with E-state index in [0.717, 1.165) is 16.1 Å². The van der Waals surface area contributed by atoms with Gasteiger partial charge in [-0.15, -0.1) is 0 Å². The predicted octanol–water partition coefficient (Wildman–Crippen LogP) is 3.73. The summed E-state index contributed by atoms with van der Waals surface area (Å²) < 4.78 is 26.2. The van der Waals surface area contributed by atoms with E-state index in [9.17, 15) is 18.0 Å². The number of sulfonamides is 1. The Labute approximate surface area is 208 Å². The highest BCUT2D eigenvalue weighted by Gasteiger charge is 2.31. The van der Waals surface area contributed by atoms with Crippen LogP contribution in [0.15, 0.2) is 54.6 Å². The normalized spacial score (nSPS) is 12.3. The Hall–Kier alpha value is -2.58. The summed E-state index contributed by atoms with van der Waals surface area (Å²) >= 11 is 6.06. The van der Waals surface area contributed by atoms with Crippen LogP contribution in [0.4, 0.5) is 5.69 Å². The molecule has 0 bridgehead atoms. The molecule has 1 atom stereocenters. The molecule has 0 aliphatic carbocycles. The molecule has 0 fully saturated rings. The first-order valence-electron chi connectivity index (χ1n) is 11.4. The number of carbonyl (C=O) groups is 2. The van der Waals surface area contributed by atoms with Crippen molar-refractivity contribution in [3.8, 4) is 0 Å². The van der Waals surface area contributed by atoms with Crippen molar-refractivity contribution in [3.05, 3.63) is 65.2 Å². The Bertz CT molecular complexity index is 1060. The number of hydrogen-bond acceptors (Lipinski definition) is 4. The van der Waals surface area contributed by atoms with Crippen LogP contribution in [-0.2, 0) is 26.0 Å². The average Bonchev–Trinajstić information content (AvgIpc) is 2.78. The molecule has 2 amide bonds. The summed E-state index contributed by atoms with van der Waals surface area (Å²) in [7, 11) is -3.78. The van der Waals surface area contributed by atoms with E-state index in [0.29, 0.717) is 30.1 Å². The predicted molar refractivity (Wildman–Crippen MR) is 137 cm³/mol. The van der Waals surface area contributed by atoms with Crippen molar-refractivity contribution in [2.45, 2.75) is 39.7 Å². The molecule has 0 heterocycles. The number of amides is 2. The zero-order valence-corrected chi connectivity index (χ0v) is 21.8. The largest absolute Gasteiger partial charge is 0.354 e. The third-order valence-corrected chi connectivity index (χ3v) is 6.71. The Morgan fingerprint density at radius 1 is 1.06 bits per heavy atom. The second-order valence-corrected chi connectivity index (χ2v) is 11.0. The molecular weight excluding hydrogens is 474 g/mol. The van der Waals surface area contributed by atoms with E-state index in [2.05, 4.69) is 5.32 Å². The summed E-state index contributed by atoms with van der Waals surface area (Å²) in [6, 6.07) is 15.3. The van der Waals surface area contributed by atoms with E-state index >= 15 is 0 Å².